The SMILES string of the molecule is Cc1ccc(CNC[C@H]2CCO[C@@H]2c2cn[nH]c2)c(-c2cnn(C)c2)c1. The summed E-state index contributed by atoms with van der Waals surface area (Å²) in [6, 6.07) is 6.62. The van der Waals surface area contributed by atoms with Crippen LogP contribution in [0.4, 0.5) is 0 Å². The van der Waals surface area contributed by atoms with Crippen molar-refractivity contribution in [3.63, 3.8) is 0 Å². The molecule has 0 unspecified atom stereocenters. The molecule has 6 nitrogen and oxygen atoms in total. The van der Waals surface area contributed by atoms with Crippen molar-refractivity contribution in [2.45, 2.75) is 26.0 Å². The van der Waals surface area contributed by atoms with E-state index in [1.54, 1.807) is 0 Å². The minimum Gasteiger partial charge on any atom is -0.373 e. The molecule has 0 bridgehead atoms. The van der Waals surface area contributed by atoms with Crippen LogP contribution in [0.25, 0.3) is 11.1 Å². The molecule has 4 rings (SSSR count). The Morgan fingerprint density at radius 2 is 2.27 bits per heavy atom. The Morgan fingerprint density at radius 3 is 3.04 bits per heavy atom. The van der Waals surface area contributed by atoms with Gasteiger partial charge in [0.05, 0.1) is 18.5 Å². The minimum atomic E-state index is 0.136. The summed E-state index contributed by atoms with van der Waals surface area (Å²) in [5, 5.41) is 14.9. The van der Waals surface area contributed by atoms with E-state index in [0.717, 1.165) is 37.2 Å². The third kappa shape index (κ3) is 3.57. The van der Waals surface area contributed by atoms with E-state index < -0.39 is 0 Å². The van der Waals surface area contributed by atoms with Gasteiger partial charge in [0.15, 0.2) is 0 Å². The van der Waals surface area contributed by atoms with Gasteiger partial charge in [0.25, 0.3) is 0 Å². The Balaban J connectivity index is 1.43. The maximum absolute atomic E-state index is 5.91. The Hall–Kier alpha value is -2.44. The third-order valence-electron chi connectivity index (χ3n) is 5.07. The van der Waals surface area contributed by atoms with E-state index in [2.05, 4.69) is 51.9 Å². The van der Waals surface area contributed by atoms with E-state index in [4.69, 9.17) is 4.74 Å². The van der Waals surface area contributed by atoms with Gasteiger partial charge in [-0.2, -0.15) is 10.2 Å². The summed E-state index contributed by atoms with van der Waals surface area (Å²) in [6.07, 6.45) is 9.01. The Bertz CT molecular complexity index is 855. The number of ether oxygens (including phenoxy) is 1. The predicted molar refractivity (Wildman–Crippen MR) is 100 cm³/mol. The monoisotopic (exact) mass is 351 g/mol. The molecular weight excluding hydrogens is 326 g/mol. The van der Waals surface area contributed by atoms with E-state index in [1.165, 1.54) is 16.7 Å². The van der Waals surface area contributed by atoms with Crippen molar-refractivity contribution in [1.29, 1.82) is 0 Å². The van der Waals surface area contributed by atoms with Crippen LogP contribution in [0.3, 0.4) is 0 Å². The third-order valence-corrected chi connectivity index (χ3v) is 5.07. The van der Waals surface area contributed by atoms with Crippen LogP contribution in [-0.2, 0) is 18.3 Å². The molecule has 0 saturated carbocycles. The quantitative estimate of drug-likeness (QED) is 0.716. The van der Waals surface area contributed by atoms with Crippen molar-refractivity contribution in [2.24, 2.45) is 13.0 Å². The van der Waals surface area contributed by atoms with Crippen molar-refractivity contribution in [3.05, 3.63) is 59.7 Å². The highest BCUT2D eigenvalue weighted by Gasteiger charge is 2.29. The van der Waals surface area contributed by atoms with E-state index in [-0.39, 0.29) is 6.10 Å². The smallest absolute Gasteiger partial charge is 0.0896 e. The van der Waals surface area contributed by atoms with Crippen molar-refractivity contribution < 1.29 is 4.74 Å². The summed E-state index contributed by atoms with van der Waals surface area (Å²) in [5.41, 5.74) is 6.10. The number of aryl methyl sites for hydroxylation is 2. The van der Waals surface area contributed by atoms with Crippen LogP contribution in [-0.4, -0.2) is 33.1 Å². The second kappa shape index (κ2) is 7.43. The van der Waals surface area contributed by atoms with Crippen LogP contribution in [0.5, 0.6) is 0 Å². The molecule has 6 heteroatoms. The second-order valence-corrected chi connectivity index (χ2v) is 7.07. The van der Waals surface area contributed by atoms with E-state index in [1.807, 2.05) is 30.3 Å². The number of hydrogen-bond acceptors (Lipinski definition) is 4. The number of benzene rings is 1. The van der Waals surface area contributed by atoms with Gasteiger partial charge in [0.2, 0.25) is 0 Å². The molecule has 26 heavy (non-hydrogen) atoms. The molecule has 2 atom stereocenters. The number of H-pyrrole nitrogens is 1. The van der Waals surface area contributed by atoms with Crippen molar-refractivity contribution in [2.75, 3.05) is 13.2 Å². The number of aromatic amines is 1. The summed E-state index contributed by atoms with van der Waals surface area (Å²) < 4.78 is 7.76. The van der Waals surface area contributed by atoms with Crippen LogP contribution in [0, 0.1) is 12.8 Å². The van der Waals surface area contributed by atoms with E-state index in [0.29, 0.717) is 5.92 Å². The number of nitrogens with one attached hydrogen (secondary N) is 2. The average molecular weight is 351 g/mol. The summed E-state index contributed by atoms with van der Waals surface area (Å²) in [6.45, 7) is 4.70. The predicted octanol–water partition coefficient (Wildman–Crippen LogP) is 2.99. The standard InChI is InChI=1S/C20H25N5O/c1-14-3-4-15(19(7-14)18-12-24-25(2)13-18)8-21-9-16-5-6-26-20(16)17-10-22-23-11-17/h3-4,7,10-13,16,20-21H,5-6,8-9H2,1-2H3,(H,22,23)/t16-,20+/m1/s1. The zero-order valence-corrected chi connectivity index (χ0v) is 15.3. The van der Waals surface area contributed by atoms with Crippen LogP contribution in [0.15, 0.2) is 43.0 Å². The van der Waals surface area contributed by atoms with Crippen LogP contribution in [0.1, 0.15) is 29.2 Å². The molecule has 2 aromatic heterocycles. The number of nitrogens with zero attached hydrogens (tertiary/aromatic N) is 3. The van der Waals surface area contributed by atoms with Crippen molar-refractivity contribution >= 4 is 0 Å². The molecule has 0 radical (unpaired) electrons. The minimum absolute atomic E-state index is 0.136. The lowest BCUT2D eigenvalue weighted by molar-refractivity contribution is 0.0905. The molecule has 0 aliphatic carbocycles. The molecule has 2 N–H and O–H groups in total. The lowest BCUT2D eigenvalue weighted by Gasteiger charge is -2.18. The molecule has 0 spiro atoms. The number of hydrogen-bond donors (Lipinski definition) is 2. The first-order valence-corrected chi connectivity index (χ1v) is 9.10. The van der Waals surface area contributed by atoms with Gasteiger partial charge in [-0.25, -0.2) is 0 Å². The van der Waals surface area contributed by atoms with Crippen LogP contribution >= 0.6 is 0 Å². The van der Waals surface area contributed by atoms with Crippen molar-refractivity contribution in [3.8, 4) is 11.1 Å². The Kier molecular flexibility index (Phi) is 4.86. The first-order chi connectivity index (χ1) is 12.7. The molecule has 1 saturated heterocycles. The number of rotatable bonds is 6. The summed E-state index contributed by atoms with van der Waals surface area (Å²) in [4.78, 5) is 0. The van der Waals surface area contributed by atoms with Gasteiger partial charge >= 0.3 is 0 Å². The maximum atomic E-state index is 5.91. The molecule has 1 aliphatic rings. The molecule has 1 fully saturated rings. The Morgan fingerprint density at radius 1 is 1.35 bits per heavy atom. The highest BCUT2D eigenvalue weighted by Crippen LogP contribution is 2.33. The topological polar surface area (TPSA) is 67.8 Å². The molecule has 1 aromatic carbocycles. The average Bonchev–Trinajstić information content (AvgIpc) is 3.37. The first kappa shape index (κ1) is 17.0. The summed E-state index contributed by atoms with van der Waals surface area (Å²) in [5.74, 6) is 0.472. The molecule has 3 aromatic rings. The molecular formula is C20H25N5O. The fourth-order valence-electron chi connectivity index (χ4n) is 3.69. The fraction of sp³-hybridized carbons (Fsp3) is 0.400. The van der Waals surface area contributed by atoms with Crippen LogP contribution in [0.2, 0.25) is 0 Å². The maximum Gasteiger partial charge on any atom is 0.0896 e. The molecule has 3 heterocycles. The van der Waals surface area contributed by atoms with Gasteiger partial charge in [-0.15, -0.1) is 0 Å². The molecule has 0 amide bonds. The summed E-state index contributed by atoms with van der Waals surface area (Å²) >= 11 is 0. The van der Waals surface area contributed by atoms with E-state index >= 15 is 0 Å². The Labute approximate surface area is 153 Å². The number of aromatic nitrogens is 4. The zero-order chi connectivity index (χ0) is 17.9. The highest BCUT2D eigenvalue weighted by molar-refractivity contribution is 5.66. The second-order valence-electron chi connectivity index (χ2n) is 7.07. The van der Waals surface area contributed by atoms with Gasteiger partial charge in [-0.3, -0.25) is 9.78 Å². The van der Waals surface area contributed by atoms with Gasteiger partial charge < -0.3 is 10.1 Å². The highest BCUT2D eigenvalue weighted by atomic mass is 16.5. The van der Waals surface area contributed by atoms with Gasteiger partial charge in [0, 0.05) is 56.2 Å². The fourth-order valence-corrected chi connectivity index (χ4v) is 3.69. The van der Waals surface area contributed by atoms with Crippen molar-refractivity contribution in [1.82, 2.24) is 25.3 Å². The van der Waals surface area contributed by atoms with Gasteiger partial charge in [0.1, 0.15) is 0 Å². The largest absolute Gasteiger partial charge is 0.373 e. The zero-order valence-electron chi connectivity index (χ0n) is 15.3. The van der Waals surface area contributed by atoms with E-state index in [9.17, 15) is 0 Å². The first-order valence-electron chi connectivity index (χ1n) is 9.10. The molecule has 1 aliphatic heterocycles. The molecule has 136 valence electrons. The lowest BCUT2D eigenvalue weighted by Crippen LogP contribution is -2.24. The van der Waals surface area contributed by atoms with Gasteiger partial charge in [-0.1, -0.05) is 23.8 Å². The lowest BCUT2D eigenvalue weighted by atomic mass is 9.96. The van der Waals surface area contributed by atoms with Crippen LogP contribution < -0.4 is 5.32 Å². The summed E-state index contributed by atoms with van der Waals surface area (Å²) in [7, 11) is 1.95. The van der Waals surface area contributed by atoms with Gasteiger partial charge in [-0.05, 0) is 24.5 Å². The normalized spacial score (nSPS) is 19.9.